The van der Waals surface area contributed by atoms with Gasteiger partial charge >= 0.3 is 0 Å². The van der Waals surface area contributed by atoms with E-state index >= 15 is 0 Å². The van der Waals surface area contributed by atoms with Crippen molar-refractivity contribution in [1.82, 2.24) is 25.1 Å². The predicted molar refractivity (Wildman–Crippen MR) is 112 cm³/mol. The second-order valence-electron chi connectivity index (χ2n) is 9.08. The summed E-state index contributed by atoms with van der Waals surface area (Å²) in [4.78, 5) is 33.1. The largest absolute Gasteiger partial charge is 0.377 e. The van der Waals surface area contributed by atoms with Crippen molar-refractivity contribution in [2.75, 3.05) is 5.32 Å². The maximum Gasteiger partial charge on any atom is 0.288 e. The molecule has 4 fully saturated rings. The lowest BCUT2D eigenvalue weighted by molar-refractivity contribution is -0.122. The summed E-state index contributed by atoms with van der Waals surface area (Å²) in [5.74, 6) is 1.91. The molecule has 30 heavy (non-hydrogen) atoms. The average molecular weight is 429 g/mol. The van der Waals surface area contributed by atoms with Crippen molar-refractivity contribution >= 4 is 23.2 Å². The van der Waals surface area contributed by atoms with Gasteiger partial charge < -0.3 is 10.6 Å². The third kappa shape index (κ3) is 3.37. The van der Waals surface area contributed by atoms with E-state index in [1.807, 2.05) is 6.92 Å². The van der Waals surface area contributed by atoms with E-state index in [1.165, 1.54) is 25.6 Å². The molecule has 0 saturated heterocycles. The Hall–Kier alpha value is -2.48. The number of hydrogen-bond acceptors (Lipinski definition) is 6. The number of nitrogens with zero attached hydrogens (tertiary/aromatic N) is 4. The molecule has 3 unspecified atom stereocenters. The van der Waals surface area contributed by atoms with Crippen LogP contribution in [0.15, 0.2) is 29.6 Å². The lowest BCUT2D eigenvalue weighted by Crippen LogP contribution is -2.41. The van der Waals surface area contributed by atoms with Gasteiger partial charge in [0.25, 0.3) is 5.56 Å². The molecule has 0 spiro atoms. The summed E-state index contributed by atoms with van der Waals surface area (Å²) in [6.45, 7) is 1.62. The summed E-state index contributed by atoms with van der Waals surface area (Å²) in [6.07, 6.45) is 10.8. The summed E-state index contributed by atoms with van der Waals surface area (Å²) >= 11 is 6.41. The molecule has 158 valence electrons. The van der Waals surface area contributed by atoms with Crippen molar-refractivity contribution in [3.05, 3.63) is 45.9 Å². The topological polar surface area (TPSA) is 102 Å². The number of anilines is 1. The summed E-state index contributed by atoms with van der Waals surface area (Å²) in [5.41, 5.74) is 0.875. The Bertz CT molecular complexity index is 1010. The molecule has 6 rings (SSSR count). The molecule has 4 aliphatic rings. The third-order valence-electron chi connectivity index (χ3n) is 7.08. The molecule has 9 heteroatoms. The van der Waals surface area contributed by atoms with Crippen LogP contribution in [0, 0.1) is 17.8 Å². The lowest BCUT2D eigenvalue weighted by Gasteiger charge is -2.35. The molecular weight excluding hydrogens is 404 g/mol. The molecule has 0 radical (unpaired) electrons. The number of amides is 1. The van der Waals surface area contributed by atoms with Crippen LogP contribution in [0.4, 0.5) is 5.69 Å². The molecule has 0 aliphatic heterocycles. The van der Waals surface area contributed by atoms with Gasteiger partial charge in [0.1, 0.15) is 17.9 Å². The lowest BCUT2D eigenvalue weighted by atomic mass is 9.80. The standard InChI is InChI=1S/C21H25ClN6O2/c1-12(16-2-3-23-11-24-16)26-18(29)10-28-20(30)19(22)17(9-25-28)27-21-7-13-4-14(8-21)6-15(21)5-13/h2-3,9,11-15,27H,4-8,10H2,1H3,(H,26,29). The van der Waals surface area contributed by atoms with Crippen LogP contribution in [0.2, 0.25) is 5.02 Å². The summed E-state index contributed by atoms with van der Waals surface area (Å²) < 4.78 is 1.10. The molecule has 8 nitrogen and oxygen atoms in total. The van der Waals surface area contributed by atoms with Crippen molar-refractivity contribution in [3.8, 4) is 0 Å². The van der Waals surface area contributed by atoms with Gasteiger partial charge in [-0.3, -0.25) is 9.59 Å². The minimum absolute atomic E-state index is 0.0574. The van der Waals surface area contributed by atoms with Crippen LogP contribution in [0.1, 0.15) is 50.8 Å². The van der Waals surface area contributed by atoms with E-state index in [-0.39, 0.29) is 29.1 Å². The molecule has 2 aromatic rings. The van der Waals surface area contributed by atoms with Crippen LogP contribution in [0.5, 0.6) is 0 Å². The first-order chi connectivity index (χ1) is 14.4. The molecule has 1 amide bonds. The fourth-order valence-electron chi connectivity index (χ4n) is 5.99. The molecule has 2 N–H and O–H groups in total. The Kier molecular flexibility index (Phi) is 4.76. The summed E-state index contributed by atoms with van der Waals surface area (Å²) in [6, 6.07) is 1.43. The van der Waals surface area contributed by atoms with Gasteiger partial charge in [-0.15, -0.1) is 0 Å². The normalized spacial score (nSPS) is 29.7. The Labute approximate surface area is 179 Å². The molecule has 2 aromatic heterocycles. The quantitative estimate of drug-likeness (QED) is 0.733. The fourth-order valence-corrected chi connectivity index (χ4v) is 6.18. The summed E-state index contributed by atoms with van der Waals surface area (Å²) in [5, 5.41) is 10.7. The Morgan fingerprint density at radius 3 is 2.80 bits per heavy atom. The highest BCUT2D eigenvalue weighted by Gasteiger charge is 2.57. The highest BCUT2D eigenvalue weighted by molar-refractivity contribution is 6.33. The highest BCUT2D eigenvalue weighted by atomic mass is 35.5. The fraction of sp³-hybridized carbons (Fsp3) is 0.571. The highest BCUT2D eigenvalue weighted by Crippen LogP contribution is 2.61. The van der Waals surface area contributed by atoms with Crippen LogP contribution in [-0.2, 0) is 11.3 Å². The number of rotatable bonds is 6. The number of carbonyl (C=O) groups excluding carboxylic acids is 1. The summed E-state index contributed by atoms with van der Waals surface area (Å²) in [7, 11) is 0. The Balaban J connectivity index is 1.28. The van der Waals surface area contributed by atoms with Gasteiger partial charge in [0.05, 0.1) is 23.6 Å². The zero-order valence-electron chi connectivity index (χ0n) is 16.8. The smallest absolute Gasteiger partial charge is 0.288 e. The first-order valence-corrected chi connectivity index (χ1v) is 10.9. The van der Waals surface area contributed by atoms with Gasteiger partial charge in [-0.1, -0.05) is 11.6 Å². The van der Waals surface area contributed by atoms with Gasteiger partial charge in [0, 0.05) is 11.7 Å². The van der Waals surface area contributed by atoms with E-state index in [9.17, 15) is 9.59 Å². The first kappa shape index (κ1) is 19.5. The van der Waals surface area contributed by atoms with Crippen LogP contribution >= 0.6 is 11.6 Å². The minimum Gasteiger partial charge on any atom is -0.377 e. The maximum atomic E-state index is 12.7. The van der Waals surface area contributed by atoms with Gasteiger partial charge in [-0.25, -0.2) is 14.6 Å². The van der Waals surface area contributed by atoms with Crippen molar-refractivity contribution in [2.24, 2.45) is 17.8 Å². The molecule has 4 aliphatic carbocycles. The maximum absolute atomic E-state index is 12.7. The number of aromatic nitrogens is 4. The zero-order valence-corrected chi connectivity index (χ0v) is 17.6. The van der Waals surface area contributed by atoms with E-state index in [0.29, 0.717) is 17.3 Å². The van der Waals surface area contributed by atoms with Crippen molar-refractivity contribution < 1.29 is 4.79 Å². The van der Waals surface area contributed by atoms with E-state index in [4.69, 9.17) is 11.6 Å². The predicted octanol–water partition coefficient (Wildman–Crippen LogP) is 2.55. The molecule has 0 aromatic carbocycles. The Morgan fingerprint density at radius 1 is 1.33 bits per heavy atom. The third-order valence-corrected chi connectivity index (χ3v) is 7.44. The van der Waals surface area contributed by atoms with E-state index in [1.54, 1.807) is 18.5 Å². The average Bonchev–Trinajstić information content (AvgIpc) is 3.11. The van der Waals surface area contributed by atoms with Crippen molar-refractivity contribution in [3.63, 3.8) is 0 Å². The van der Waals surface area contributed by atoms with Gasteiger partial charge in [-0.05, 0) is 62.8 Å². The first-order valence-electron chi connectivity index (χ1n) is 10.5. The minimum atomic E-state index is -0.458. The van der Waals surface area contributed by atoms with E-state index < -0.39 is 5.56 Å². The van der Waals surface area contributed by atoms with Crippen LogP contribution in [0.3, 0.4) is 0 Å². The molecule has 3 atom stereocenters. The number of nitrogens with one attached hydrogen (secondary N) is 2. The molecule has 4 bridgehead atoms. The number of halogens is 1. The van der Waals surface area contributed by atoms with Crippen molar-refractivity contribution in [1.29, 1.82) is 0 Å². The molecular formula is C21H25ClN6O2. The Morgan fingerprint density at radius 2 is 2.10 bits per heavy atom. The monoisotopic (exact) mass is 428 g/mol. The van der Waals surface area contributed by atoms with Crippen molar-refractivity contribution in [2.45, 2.75) is 57.2 Å². The van der Waals surface area contributed by atoms with Gasteiger partial charge in [0.15, 0.2) is 0 Å². The second kappa shape index (κ2) is 7.34. The number of carbonyl (C=O) groups is 1. The van der Waals surface area contributed by atoms with Crippen LogP contribution < -0.4 is 16.2 Å². The van der Waals surface area contributed by atoms with E-state index in [0.717, 1.165) is 29.4 Å². The van der Waals surface area contributed by atoms with E-state index in [2.05, 4.69) is 25.7 Å². The molecule has 4 saturated carbocycles. The SMILES string of the molecule is CC(NC(=O)Cn1ncc(NC23CC4CC(CC2C4)C3)c(Cl)c1=O)c1ccncn1. The second-order valence-corrected chi connectivity index (χ2v) is 9.46. The van der Waals surface area contributed by atoms with Crippen LogP contribution in [0.25, 0.3) is 0 Å². The number of hydrogen-bond donors (Lipinski definition) is 2. The molecule has 2 heterocycles. The zero-order chi connectivity index (χ0) is 20.9. The van der Waals surface area contributed by atoms with Crippen LogP contribution in [-0.4, -0.2) is 31.2 Å². The van der Waals surface area contributed by atoms with Gasteiger partial charge in [0.2, 0.25) is 5.91 Å². The van der Waals surface area contributed by atoms with Gasteiger partial charge in [-0.2, -0.15) is 5.10 Å².